The van der Waals surface area contributed by atoms with Crippen molar-refractivity contribution in [2.45, 2.75) is 12.2 Å². The molecular formula is C7H7N3S. The van der Waals surface area contributed by atoms with Gasteiger partial charge in [0.1, 0.15) is 11.7 Å². The van der Waals surface area contributed by atoms with Crippen molar-refractivity contribution < 1.29 is 0 Å². The van der Waals surface area contributed by atoms with E-state index in [1.54, 1.807) is 12.4 Å². The molecule has 1 rings (SSSR count). The molecule has 56 valence electrons. The lowest BCUT2D eigenvalue weighted by Gasteiger charge is -2.02. The van der Waals surface area contributed by atoms with Crippen molar-refractivity contribution in [2.24, 2.45) is 0 Å². The zero-order valence-corrected chi connectivity index (χ0v) is 6.88. The molecular weight excluding hydrogens is 158 g/mol. The van der Waals surface area contributed by atoms with E-state index >= 15 is 0 Å². The summed E-state index contributed by atoms with van der Waals surface area (Å²) >= 11 is 1.21. The van der Waals surface area contributed by atoms with E-state index in [1.807, 2.05) is 12.3 Å². The van der Waals surface area contributed by atoms with Crippen molar-refractivity contribution in [1.29, 1.82) is 5.26 Å². The minimum absolute atomic E-state index is 0.154. The second kappa shape index (κ2) is 3.94. The predicted octanol–water partition coefficient (Wildman–Crippen LogP) is 1.75. The molecule has 0 aliphatic rings. The van der Waals surface area contributed by atoms with E-state index < -0.39 is 0 Å². The Bertz CT molecular complexity index is 254. The number of hydrogen-bond donors (Lipinski definition) is 0. The molecule has 0 unspecified atom stereocenters. The van der Waals surface area contributed by atoms with Gasteiger partial charge in [0.2, 0.25) is 0 Å². The molecule has 0 fully saturated rings. The van der Waals surface area contributed by atoms with E-state index in [1.165, 1.54) is 18.1 Å². The number of thiocyanates is 1. The molecule has 1 heterocycles. The molecule has 1 atom stereocenters. The second-order valence-corrected chi connectivity index (χ2v) is 3.15. The first-order valence-electron chi connectivity index (χ1n) is 3.14. The third-order valence-electron chi connectivity index (χ3n) is 1.28. The zero-order valence-electron chi connectivity index (χ0n) is 6.06. The third-order valence-corrected chi connectivity index (χ3v) is 2.01. The highest BCUT2D eigenvalue weighted by atomic mass is 32.2. The van der Waals surface area contributed by atoms with Gasteiger partial charge in [-0.1, -0.05) is 0 Å². The molecule has 0 aromatic carbocycles. The monoisotopic (exact) mass is 165 g/mol. The highest BCUT2D eigenvalue weighted by Gasteiger charge is 2.04. The lowest BCUT2D eigenvalue weighted by molar-refractivity contribution is 1.03. The van der Waals surface area contributed by atoms with Crippen molar-refractivity contribution in [2.75, 3.05) is 0 Å². The maximum atomic E-state index is 8.37. The minimum atomic E-state index is 0.154. The molecule has 11 heavy (non-hydrogen) atoms. The molecule has 0 bridgehead atoms. The molecule has 0 saturated heterocycles. The predicted molar refractivity (Wildman–Crippen MR) is 43.7 cm³/mol. The van der Waals surface area contributed by atoms with Gasteiger partial charge in [0.25, 0.3) is 0 Å². The summed E-state index contributed by atoms with van der Waals surface area (Å²) in [5, 5.41) is 10.6. The van der Waals surface area contributed by atoms with E-state index in [4.69, 9.17) is 5.26 Å². The summed E-state index contributed by atoms with van der Waals surface area (Å²) in [5.74, 6) is 0. The van der Waals surface area contributed by atoms with Crippen LogP contribution in [0.1, 0.15) is 17.7 Å². The average Bonchev–Trinajstić information content (AvgIpc) is 2.07. The van der Waals surface area contributed by atoms with Crippen LogP contribution in [0.4, 0.5) is 0 Å². The summed E-state index contributed by atoms with van der Waals surface area (Å²) in [5.41, 5.74) is 0.985. The van der Waals surface area contributed by atoms with Crippen molar-refractivity contribution in [3.63, 3.8) is 0 Å². The lowest BCUT2D eigenvalue weighted by atomic mass is 10.3. The molecule has 0 radical (unpaired) electrons. The highest BCUT2D eigenvalue weighted by Crippen LogP contribution is 2.25. The quantitative estimate of drug-likeness (QED) is 0.626. The van der Waals surface area contributed by atoms with Crippen LogP contribution in [0.25, 0.3) is 0 Å². The van der Waals surface area contributed by atoms with Gasteiger partial charge in [-0.3, -0.25) is 0 Å². The maximum Gasteiger partial charge on any atom is 0.133 e. The largest absolute Gasteiger partial charge is 0.244 e. The number of nitriles is 1. The van der Waals surface area contributed by atoms with Gasteiger partial charge < -0.3 is 0 Å². The van der Waals surface area contributed by atoms with Crippen LogP contribution in [0.5, 0.6) is 0 Å². The standard InChI is InChI=1S/C7H7N3S/c1-6(11-4-8)7-2-9-5-10-3-7/h2-3,5-6H,1H3/t6-/m1/s1. The Hall–Kier alpha value is -1.08. The van der Waals surface area contributed by atoms with Gasteiger partial charge in [-0.05, 0) is 18.7 Å². The van der Waals surface area contributed by atoms with Crippen LogP contribution >= 0.6 is 11.8 Å². The fraction of sp³-hybridized carbons (Fsp3) is 0.286. The van der Waals surface area contributed by atoms with E-state index in [9.17, 15) is 0 Å². The lowest BCUT2D eigenvalue weighted by Crippen LogP contribution is -1.88. The smallest absolute Gasteiger partial charge is 0.133 e. The van der Waals surface area contributed by atoms with Crippen molar-refractivity contribution in [3.05, 3.63) is 24.3 Å². The fourth-order valence-electron chi connectivity index (χ4n) is 0.668. The molecule has 0 saturated carbocycles. The van der Waals surface area contributed by atoms with Crippen molar-refractivity contribution in [3.8, 4) is 5.40 Å². The van der Waals surface area contributed by atoms with E-state index in [0.717, 1.165) is 5.56 Å². The second-order valence-electron chi connectivity index (χ2n) is 2.02. The Labute approximate surface area is 69.5 Å². The molecule has 4 heteroatoms. The van der Waals surface area contributed by atoms with Gasteiger partial charge >= 0.3 is 0 Å². The maximum absolute atomic E-state index is 8.37. The first-order valence-corrected chi connectivity index (χ1v) is 4.02. The number of hydrogen-bond acceptors (Lipinski definition) is 4. The molecule has 0 N–H and O–H groups in total. The molecule has 1 aromatic rings. The van der Waals surface area contributed by atoms with E-state index in [0.29, 0.717) is 0 Å². The van der Waals surface area contributed by atoms with E-state index in [2.05, 4.69) is 9.97 Å². The fourth-order valence-corrected chi connectivity index (χ4v) is 1.08. The normalized spacial score (nSPS) is 12.0. The Balaban J connectivity index is 2.70. The first-order chi connectivity index (χ1) is 5.34. The Morgan fingerprint density at radius 3 is 2.73 bits per heavy atom. The molecule has 0 aliphatic heterocycles. The molecule has 1 aromatic heterocycles. The van der Waals surface area contributed by atoms with Crippen LogP contribution in [0.15, 0.2) is 18.7 Å². The van der Waals surface area contributed by atoms with Gasteiger partial charge in [-0.15, -0.1) is 0 Å². The summed E-state index contributed by atoms with van der Waals surface area (Å²) < 4.78 is 0. The molecule has 0 spiro atoms. The van der Waals surface area contributed by atoms with Crippen LogP contribution in [0.2, 0.25) is 0 Å². The first kappa shape index (κ1) is 8.02. The SMILES string of the molecule is C[C@@H](SC#N)c1cncnc1. The molecule has 0 amide bonds. The summed E-state index contributed by atoms with van der Waals surface area (Å²) in [6.07, 6.45) is 4.93. The number of thioether (sulfide) groups is 1. The highest BCUT2D eigenvalue weighted by molar-refractivity contribution is 8.03. The number of aromatic nitrogens is 2. The van der Waals surface area contributed by atoms with Crippen LogP contribution < -0.4 is 0 Å². The Morgan fingerprint density at radius 1 is 1.55 bits per heavy atom. The minimum Gasteiger partial charge on any atom is -0.244 e. The summed E-state index contributed by atoms with van der Waals surface area (Å²) in [7, 11) is 0. The summed E-state index contributed by atoms with van der Waals surface area (Å²) in [4.78, 5) is 7.71. The van der Waals surface area contributed by atoms with Crippen LogP contribution in [-0.2, 0) is 0 Å². The van der Waals surface area contributed by atoms with E-state index in [-0.39, 0.29) is 5.25 Å². The summed E-state index contributed by atoms with van der Waals surface area (Å²) in [6.45, 7) is 1.95. The van der Waals surface area contributed by atoms with Crippen molar-refractivity contribution in [1.82, 2.24) is 9.97 Å². The van der Waals surface area contributed by atoms with Gasteiger partial charge in [0, 0.05) is 23.2 Å². The van der Waals surface area contributed by atoms with Gasteiger partial charge in [0.15, 0.2) is 0 Å². The van der Waals surface area contributed by atoms with Crippen LogP contribution in [-0.4, -0.2) is 9.97 Å². The topological polar surface area (TPSA) is 49.6 Å². The average molecular weight is 165 g/mol. The Kier molecular flexibility index (Phi) is 2.87. The van der Waals surface area contributed by atoms with Crippen molar-refractivity contribution >= 4 is 11.8 Å². The Morgan fingerprint density at radius 2 is 2.18 bits per heavy atom. The number of nitrogens with zero attached hydrogens (tertiary/aromatic N) is 3. The van der Waals surface area contributed by atoms with Crippen LogP contribution in [0, 0.1) is 10.7 Å². The number of rotatable bonds is 2. The van der Waals surface area contributed by atoms with Crippen LogP contribution in [0.3, 0.4) is 0 Å². The summed E-state index contributed by atoms with van der Waals surface area (Å²) in [6, 6.07) is 0. The third kappa shape index (κ3) is 2.20. The van der Waals surface area contributed by atoms with Gasteiger partial charge in [-0.2, -0.15) is 5.26 Å². The van der Waals surface area contributed by atoms with Gasteiger partial charge in [0.05, 0.1) is 0 Å². The molecule has 0 aliphatic carbocycles. The molecule has 3 nitrogen and oxygen atoms in total. The van der Waals surface area contributed by atoms with Gasteiger partial charge in [-0.25, -0.2) is 9.97 Å². The zero-order chi connectivity index (χ0) is 8.10.